The topological polar surface area (TPSA) is 49.4 Å². The van der Waals surface area contributed by atoms with Crippen LogP contribution < -0.4 is 5.32 Å². The van der Waals surface area contributed by atoms with E-state index < -0.39 is 10.0 Å². The first-order chi connectivity index (χ1) is 9.12. The SMILES string of the molecule is CCCS(=O)(=O)N1CCC(NCc2ccsc2)CC1. The molecule has 0 unspecified atom stereocenters. The lowest BCUT2D eigenvalue weighted by Gasteiger charge is -2.31. The molecule has 1 saturated heterocycles. The predicted octanol–water partition coefficient (Wildman–Crippen LogP) is 2.04. The lowest BCUT2D eigenvalue weighted by atomic mass is 10.1. The summed E-state index contributed by atoms with van der Waals surface area (Å²) in [5.41, 5.74) is 1.31. The zero-order chi connectivity index (χ0) is 13.7. The average molecular weight is 302 g/mol. The van der Waals surface area contributed by atoms with Gasteiger partial charge in [-0.1, -0.05) is 6.92 Å². The van der Waals surface area contributed by atoms with Crippen molar-refractivity contribution in [2.75, 3.05) is 18.8 Å². The van der Waals surface area contributed by atoms with Gasteiger partial charge in [-0.05, 0) is 41.7 Å². The van der Waals surface area contributed by atoms with Gasteiger partial charge in [0.05, 0.1) is 5.75 Å². The van der Waals surface area contributed by atoms with Crippen molar-refractivity contribution in [3.63, 3.8) is 0 Å². The normalized spacial score (nSPS) is 18.8. The third-order valence-corrected chi connectivity index (χ3v) is 6.29. The maximum Gasteiger partial charge on any atom is 0.214 e. The molecule has 1 N–H and O–H groups in total. The van der Waals surface area contributed by atoms with Gasteiger partial charge in [0, 0.05) is 25.7 Å². The van der Waals surface area contributed by atoms with Crippen LogP contribution in [0.3, 0.4) is 0 Å². The Hall–Kier alpha value is -0.430. The second kappa shape index (κ2) is 6.83. The number of hydrogen-bond acceptors (Lipinski definition) is 4. The minimum atomic E-state index is -3.01. The molecule has 0 amide bonds. The average Bonchev–Trinajstić information content (AvgIpc) is 2.90. The third-order valence-electron chi connectivity index (χ3n) is 3.48. The summed E-state index contributed by atoms with van der Waals surface area (Å²) in [6.07, 6.45) is 2.51. The highest BCUT2D eigenvalue weighted by Crippen LogP contribution is 2.16. The molecule has 1 aliphatic heterocycles. The molecule has 0 atom stereocenters. The van der Waals surface area contributed by atoms with Gasteiger partial charge in [0.15, 0.2) is 0 Å². The lowest BCUT2D eigenvalue weighted by Crippen LogP contribution is -2.45. The lowest BCUT2D eigenvalue weighted by molar-refractivity contribution is 0.288. The van der Waals surface area contributed by atoms with E-state index in [-0.39, 0.29) is 5.75 Å². The molecule has 6 heteroatoms. The molecule has 0 spiro atoms. The van der Waals surface area contributed by atoms with Crippen molar-refractivity contribution in [1.82, 2.24) is 9.62 Å². The molecule has 1 aromatic heterocycles. The zero-order valence-corrected chi connectivity index (χ0v) is 13.0. The molecule has 0 aromatic carbocycles. The molecular weight excluding hydrogens is 280 g/mol. The van der Waals surface area contributed by atoms with Crippen LogP contribution in [-0.4, -0.2) is 37.6 Å². The molecule has 0 bridgehead atoms. The van der Waals surface area contributed by atoms with Crippen LogP contribution in [0.25, 0.3) is 0 Å². The molecule has 2 heterocycles. The Bertz CT molecular complexity index is 463. The Morgan fingerprint density at radius 2 is 2.16 bits per heavy atom. The van der Waals surface area contributed by atoms with Crippen molar-refractivity contribution < 1.29 is 8.42 Å². The first-order valence-electron chi connectivity index (χ1n) is 6.84. The van der Waals surface area contributed by atoms with E-state index in [1.807, 2.05) is 6.92 Å². The Kier molecular flexibility index (Phi) is 5.38. The Labute approximate surface area is 119 Å². The Morgan fingerprint density at radius 1 is 1.42 bits per heavy atom. The second-order valence-corrected chi connectivity index (χ2v) is 7.87. The van der Waals surface area contributed by atoms with Gasteiger partial charge < -0.3 is 5.32 Å². The van der Waals surface area contributed by atoms with Gasteiger partial charge in [-0.25, -0.2) is 12.7 Å². The van der Waals surface area contributed by atoms with E-state index in [4.69, 9.17) is 0 Å². The van der Waals surface area contributed by atoms with Gasteiger partial charge in [-0.2, -0.15) is 11.3 Å². The number of hydrogen-bond donors (Lipinski definition) is 1. The predicted molar refractivity (Wildman–Crippen MR) is 79.8 cm³/mol. The summed E-state index contributed by atoms with van der Waals surface area (Å²) in [5.74, 6) is 0.278. The number of thiophene rings is 1. The fourth-order valence-electron chi connectivity index (χ4n) is 2.38. The van der Waals surface area contributed by atoms with E-state index in [2.05, 4.69) is 22.1 Å². The van der Waals surface area contributed by atoms with Crippen LogP contribution in [-0.2, 0) is 16.6 Å². The Balaban J connectivity index is 1.76. The fraction of sp³-hybridized carbons (Fsp3) is 0.692. The van der Waals surface area contributed by atoms with Gasteiger partial charge in [-0.15, -0.1) is 0 Å². The summed E-state index contributed by atoms with van der Waals surface area (Å²) < 4.78 is 25.5. The molecule has 4 nitrogen and oxygen atoms in total. The summed E-state index contributed by atoms with van der Waals surface area (Å²) >= 11 is 1.71. The molecule has 0 saturated carbocycles. The molecule has 1 aromatic rings. The maximum absolute atomic E-state index is 11.9. The van der Waals surface area contributed by atoms with Crippen molar-refractivity contribution >= 4 is 21.4 Å². The molecule has 108 valence electrons. The van der Waals surface area contributed by atoms with E-state index in [0.717, 1.165) is 19.4 Å². The van der Waals surface area contributed by atoms with Crippen LogP contribution in [0, 0.1) is 0 Å². The molecule has 0 radical (unpaired) electrons. The summed E-state index contributed by atoms with van der Waals surface area (Å²) in [6, 6.07) is 2.56. The highest BCUT2D eigenvalue weighted by Gasteiger charge is 2.26. The quantitative estimate of drug-likeness (QED) is 0.875. The second-order valence-electron chi connectivity index (χ2n) is 5.00. The zero-order valence-electron chi connectivity index (χ0n) is 11.3. The number of nitrogens with one attached hydrogen (secondary N) is 1. The third kappa shape index (κ3) is 4.27. The minimum absolute atomic E-state index is 0.278. The number of rotatable bonds is 6. The van der Waals surface area contributed by atoms with Crippen LogP contribution in [0.2, 0.25) is 0 Å². The molecular formula is C13H22N2O2S2. The first kappa shape index (κ1) is 15.0. The van der Waals surface area contributed by atoms with E-state index in [9.17, 15) is 8.42 Å². The van der Waals surface area contributed by atoms with Crippen molar-refractivity contribution in [2.45, 2.75) is 38.8 Å². The van der Waals surface area contributed by atoms with Gasteiger partial charge >= 0.3 is 0 Å². The molecule has 2 rings (SSSR count). The highest BCUT2D eigenvalue weighted by molar-refractivity contribution is 7.89. The summed E-state index contributed by atoms with van der Waals surface area (Å²) in [4.78, 5) is 0. The summed E-state index contributed by atoms with van der Waals surface area (Å²) in [6.45, 7) is 4.11. The molecule has 1 fully saturated rings. The number of piperidine rings is 1. The van der Waals surface area contributed by atoms with Crippen molar-refractivity contribution in [2.24, 2.45) is 0 Å². The van der Waals surface area contributed by atoms with Crippen LogP contribution in [0.15, 0.2) is 16.8 Å². The summed E-state index contributed by atoms with van der Waals surface area (Å²) in [5, 5.41) is 7.74. The van der Waals surface area contributed by atoms with Crippen LogP contribution in [0.5, 0.6) is 0 Å². The summed E-state index contributed by atoms with van der Waals surface area (Å²) in [7, 11) is -3.01. The molecule has 0 aliphatic carbocycles. The van der Waals surface area contributed by atoms with Crippen molar-refractivity contribution in [3.05, 3.63) is 22.4 Å². The van der Waals surface area contributed by atoms with Crippen LogP contribution >= 0.6 is 11.3 Å². The number of sulfonamides is 1. The number of nitrogens with zero attached hydrogens (tertiary/aromatic N) is 1. The smallest absolute Gasteiger partial charge is 0.214 e. The fourth-order valence-corrected chi connectivity index (χ4v) is 4.59. The van der Waals surface area contributed by atoms with Gasteiger partial charge in [-0.3, -0.25) is 0 Å². The van der Waals surface area contributed by atoms with Crippen LogP contribution in [0.4, 0.5) is 0 Å². The van der Waals surface area contributed by atoms with Crippen LogP contribution in [0.1, 0.15) is 31.7 Å². The monoisotopic (exact) mass is 302 g/mol. The Morgan fingerprint density at radius 3 is 2.74 bits per heavy atom. The van der Waals surface area contributed by atoms with Gasteiger partial charge in [0.2, 0.25) is 10.0 Å². The largest absolute Gasteiger partial charge is 0.310 e. The van der Waals surface area contributed by atoms with Crippen molar-refractivity contribution in [1.29, 1.82) is 0 Å². The van der Waals surface area contributed by atoms with Gasteiger partial charge in [0.1, 0.15) is 0 Å². The minimum Gasteiger partial charge on any atom is -0.310 e. The van der Waals surface area contributed by atoms with E-state index in [0.29, 0.717) is 25.6 Å². The van der Waals surface area contributed by atoms with E-state index in [1.54, 1.807) is 15.6 Å². The van der Waals surface area contributed by atoms with E-state index >= 15 is 0 Å². The van der Waals surface area contributed by atoms with Gasteiger partial charge in [0.25, 0.3) is 0 Å². The van der Waals surface area contributed by atoms with E-state index in [1.165, 1.54) is 5.56 Å². The first-order valence-corrected chi connectivity index (χ1v) is 9.39. The molecule has 1 aliphatic rings. The standard InChI is InChI=1S/C13H22N2O2S2/c1-2-9-19(16,17)15-6-3-13(4-7-15)14-10-12-5-8-18-11-12/h5,8,11,13-14H,2-4,6-7,9-10H2,1H3. The maximum atomic E-state index is 11.9. The molecule has 19 heavy (non-hydrogen) atoms. The highest BCUT2D eigenvalue weighted by atomic mass is 32.2. The van der Waals surface area contributed by atoms with Crippen molar-refractivity contribution in [3.8, 4) is 0 Å².